The predicted molar refractivity (Wildman–Crippen MR) is 122 cm³/mol. The maximum absolute atomic E-state index is 12.7. The molecule has 0 bridgehead atoms. The van der Waals surface area contributed by atoms with Crippen LogP contribution in [0.3, 0.4) is 0 Å². The van der Waals surface area contributed by atoms with Crippen molar-refractivity contribution in [2.45, 2.75) is 26.4 Å². The average Bonchev–Trinajstić information content (AvgIpc) is 3.12. The molecule has 0 saturated heterocycles. The Hall–Kier alpha value is -4.20. The van der Waals surface area contributed by atoms with Crippen LogP contribution in [0.5, 0.6) is 0 Å². The second kappa shape index (κ2) is 9.30. The second-order valence-electron chi connectivity index (χ2n) is 7.31. The summed E-state index contributed by atoms with van der Waals surface area (Å²) in [5.41, 5.74) is 2.90. The molecule has 0 aliphatic carbocycles. The molecule has 32 heavy (non-hydrogen) atoms. The van der Waals surface area contributed by atoms with Gasteiger partial charge in [0, 0.05) is 18.4 Å². The highest BCUT2D eigenvalue weighted by molar-refractivity contribution is 5.94. The number of nitrogens with one attached hydrogen (secondary N) is 2. The fraction of sp³-hybridized carbons (Fsp3) is 0.167. The quantitative estimate of drug-likeness (QED) is 0.472. The summed E-state index contributed by atoms with van der Waals surface area (Å²) in [7, 11) is 0. The number of pyridine rings is 1. The van der Waals surface area contributed by atoms with Crippen LogP contribution < -0.4 is 16.3 Å². The van der Waals surface area contributed by atoms with Crippen LogP contribution in [0.15, 0.2) is 77.7 Å². The van der Waals surface area contributed by atoms with E-state index in [4.69, 9.17) is 0 Å². The van der Waals surface area contributed by atoms with E-state index in [1.807, 2.05) is 61.5 Å². The number of rotatable bonds is 7. The number of carbonyl (C=O) groups is 2. The van der Waals surface area contributed by atoms with Crippen LogP contribution in [0.2, 0.25) is 0 Å². The fourth-order valence-corrected chi connectivity index (χ4v) is 3.41. The normalized spacial score (nSPS) is 10.8. The molecule has 0 radical (unpaired) electrons. The van der Waals surface area contributed by atoms with Crippen molar-refractivity contribution in [3.63, 3.8) is 0 Å². The molecule has 0 aliphatic rings. The van der Waals surface area contributed by atoms with E-state index < -0.39 is 5.69 Å². The Morgan fingerprint density at radius 2 is 1.72 bits per heavy atom. The van der Waals surface area contributed by atoms with Gasteiger partial charge >= 0.3 is 5.69 Å². The molecule has 8 nitrogen and oxygen atoms in total. The zero-order valence-electron chi connectivity index (χ0n) is 17.6. The lowest BCUT2D eigenvalue weighted by Gasteiger charge is -2.09. The van der Waals surface area contributed by atoms with Crippen LogP contribution in [0.25, 0.3) is 5.65 Å². The number of amides is 2. The monoisotopic (exact) mass is 429 g/mol. The Bertz CT molecular complexity index is 1320. The number of anilines is 1. The Labute approximate surface area is 184 Å². The van der Waals surface area contributed by atoms with E-state index in [9.17, 15) is 14.4 Å². The van der Waals surface area contributed by atoms with E-state index in [0.717, 1.165) is 22.2 Å². The minimum absolute atomic E-state index is 0.228. The van der Waals surface area contributed by atoms with Crippen LogP contribution in [0, 0.1) is 0 Å². The standard InChI is InChI=1S/C24H23N5O3/c1-2-18-10-6-7-11-20(18)26-22(30)16-29-24(32)28-15-19(12-13-21(28)27-29)23(31)25-14-17-8-4-3-5-9-17/h3-13,15H,2,14,16H2,1H3,(H,25,31)(H,26,30). The highest BCUT2D eigenvalue weighted by atomic mass is 16.2. The molecule has 0 atom stereocenters. The van der Waals surface area contributed by atoms with Gasteiger partial charge in [-0.25, -0.2) is 13.9 Å². The van der Waals surface area contributed by atoms with E-state index in [2.05, 4.69) is 15.7 Å². The first kappa shape index (κ1) is 21.0. The number of para-hydroxylation sites is 1. The Balaban J connectivity index is 1.48. The summed E-state index contributed by atoms with van der Waals surface area (Å²) in [6.07, 6.45) is 2.21. The molecule has 2 aromatic carbocycles. The molecule has 162 valence electrons. The van der Waals surface area contributed by atoms with Crippen LogP contribution in [-0.4, -0.2) is 26.0 Å². The summed E-state index contributed by atoms with van der Waals surface area (Å²) in [6.45, 7) is 2.16. The molecule has 4 rings (SSSR count). The number of hydrogen-bond acceptors (Lipinski definition) is 4. The van der Waals surface area contributed by atoms with E-state index in [1.165, 1.54) is 10.6 Å². The highest BCUT2D eigenvalue weighted by Crippen LogP contribution is 2.15. The van der Waals surface area contributed by atoms with Gasteiger partial charge in [0.05, 0.1) is 5.56 Å². The predicted octanol–water partition coefficient (Wildman–Crippen LogP) is 2.63. The van der Waals surface area contributed by atoms with Crippen molar-refractivity contribution in [1.82, 2.24) is 19.5 Å². The van der Waals surface area contributed by atoms with Crippen LogP contribution >= 0.6 is 0 Å². The van der Waals surface area contributed by atoms with Crippen LogP contribution in [0.1, 0.15) is 28.4 Å². The lowest BCUT2D eigenvalue weighted by atomic mass is 10.1. The van der Waals surface area contributed by atoms with E-state index in [0.29, 0.717) is 23.4 Å². The zero-order valence-corrected chi connectivity index (χ0v) is 17.6. The van der Waals surface area contributed by atoms with Gasteiger partial charge in [-0.3, -0.25) is 9.59 Å². The molecular formula is C24H23N5O3. The first-order valence-corrected chi connectivity index (χ1v) is 10.3. The minimum Gasteiger partial charge on any atom is -0.348 e. The molecule has 2 heterocycles. The summed E-state index contributed by atoms with van der Waals surface area (Å²) in [6, 6.07) is 20.3. The molecule has 4 aromatic rings. The largest absolute Gasteiger partial charge is 0.350 e. The molecule has 8 heteroatoms. The van der Waals surface area contributed by atoms with Crippen molar-refractivity contribution in [3.8, 4) is 0 Å². The first-order valence-electron chi connectivity index (χ1n) is 10.3. The van der Waals surface area contributed by atoms with Crippen molar-refractivity contribution in [2.75, 3.05) is 5.32 Å². The van der Waals surface area contributed by atoms with Crippen molar-refractivity contribution >= 4 is 23.1 Å². The van der Waals surface area contributed by atoms with E-state index >= 15 is 0 Å². The second-order valence-corrected chi connectivity index (χ2v) is 7.31. The van der Waals surface area contributed by atoms with Crippen molar-refractivity contribution < 1.29 is 9.59 Å². The number of fused-ring (bicyclic) bond motifs is 1. The van der Waals surface area contributed by atoms with Gasteiger partial charge in [-0.2, -0.15) is 0 Å². The van der Waals surface area contributed by atoms with Gasteiger partial charge in [-0.05, 0) is 35.7 Å². The lowest BCUT2D eigenvalue weighted by molar-refractivity contribution is -0.117. The zero-order chi connectivity index (χ0) is 22.5. The Morgan fingerprint density at radius 3 is 2.50 bits per heavy atom. The van der Waals surface area contributed by atoms with Gasteiger partial charge in [-0.1, -0.05) is 55.5 Å². The van der Waals surface area contributed by atoms with Crippen molar-refractivity contribution in [2.24, 2.45) is 0 Å². The number of nitrogens with zero attached hydrogens (tertiary/aromatic N) is 3. The minimum atomic E-state index is -0.489. The van der Waals surface area contributed by atoms with E-state index in [1.54, 1.807) is 12.1 Å². The fourth-order valence-electron chi connectivity index (χ4n) is 3.41. The summed E-state index contributed by atoms with van der Waals surface area (Å²) >= 11 is 0. The molecule has 2 N–H and O–H groups in total. The molecule has 0 fully saturated rings. The third-order valence-corrected chi connectivity index (χ3v) is 5.10. The Morgan fingerprint density at radius 1 is 0.969 bits per heavy atom. The van der Waals surface area contributed by atoms with Gasteiger partial charge in [0.25, 0.3) is 5.91 Å². The molecule has 0 spiro atoms. The molecule has 0 aliphatic heterocycles. The molecular weight excluding hydrogens is 406 g/mol. The molecule has 2 amide bonds. The number of carbonyl (C=O) groups excluding carboxylic acids is 2. The highest BCUT2D eigenvalue weighted by Gasteiger charge is 2.14. The summed E-state index contributed by atoms with van der Waals surface area (Å²) < 4.78 is 2.36. The van der Waals surface area contributed by atoms with Gasteiger partial charge in [-0.15, -0.1) is 5.10 Å². The average molecular weight is 429 g/mol. The van der Waals surface area contributed by atoms with Gasteiger partial charge < -0.3 is 10.6 Å². The molecule has 2 aromatic heterocycles. The van der Waals surface area contributed by atoms with Crippen molar-refractivity contribution in [3.05, 3.63) is 100 Å². The van der Waals surface area contributed by atoms with Gasteiger partial charge in [0.15, 0.2) is 5.65 Å². The van der Waals surface area contributed by atoms with Crippen LogP contribution in [0.4, 0.5) is 5.69 Å². The maximum Gasteiger partial charge on any atom is 0.350 e. The number of aromatic nitrogens is 3. The van der Waals surface area contributed by atoms with Gasteiger partial charge in [0.2, 0.25) is 5.91 Å². The smallest absolute Gasteiger partial charge is 0.348 e. The maximum atomic E-state index is 12.7. The third-order valence-electron chi connectivity index (χ3n) is 5.10. The summed E-state index contributed by atoms with van der Waals surface area (Å²) in [5, 5.41) is 9.87. The first-order chi connectivity index (χ1) is 15.5. The SMILES string of the molecule is CCc1ccccc1NC(=O)Cn1nc2ccc(C(=O)NCc3ccccc3)cn2c1=O. The summed E-state index contributed by atoms with van der Waals surface area (Å²) in [4.78, 5) is 37.7. The van der Waals surface area contributed by atoms with E-state index in [-0.39, 0.29) is 18.4 Å². The molecule has 0 unspecified atom stereocenters. The van der Waals surface area contributed by atoms with Gasteiger partial charge in [0.1, 0.15) is 6.54 Å². The lowest BCUT2D eigenvalue weighted by Crippen LogP contribution is -2.29. The van der Waals surface area contributed by atoms with Crippen LogP contribution in [-0.2, 0) is 24.3 Å². The summed E-state index contributed by atoms with van der Waals surface area (Å²) in [5.74, 6) is -0.651. The number of benzene rings is 2. The van der Waals surface area contributed by atoms with Crippen molar-refractivity contribution in [1.29, 1.82) is 0 Å². The number of hydrogen-bond donors (Lipinski definition) is 2. The topological polar surface area (TPSA) is 97.5 Å². The molecule has 0 saturated carbocycles. The third kappa shape index (κ3) is 4.59. The number of aryl methyl sites for hydroxylation is 1. The Kier molecular flexibility index (Phi) is 6.12.